The van der Waals surface area contributed by atoms with Gasteiger partial charge in [0.05, 0.1) is 17.9 Å². The first-order valence-corrected chi connectivity index (χ1v) is 10.3. The summed E-state index contributed by atoms with van der Waals surface area (Å²) < 4.78 is 52.0. The number of carbonyl (C=O) groups is 1. The molecule has 0 saturated carbocycles. The summed E-state index contributed by atoms with van der Waals surface area (Å²) in [4.78, 5) is 10.7. The van der Waals surface area contributed by atoms with Crippen LogP contribution in [0.3, 0.4) is 0 Å². The molecule has 0 saturated heterocycles. The molecule has 0 aliphatic rings. The maximum atomic E-state index is 15.0. The Hall–Kier alpha value is -1.06. The summed E-state index contributed by atoms with van der Waals surface area (Å²) in [6.45, 7) is 2.39. The largest absolute Gasteiger partial charge is 0.506 e. The molecule has 11 heteroatoms. The van der Waals surface area contributed by atoms with Gasteiger partial charge in [-0.2, -0.15) is 8.78 Å². The van der Waals surface area contributed by atoms with E-state index in [1.807, 2.05) is 0 Å². The molecule has 0 atom stereocenters. The number of benzene rings is 1. The van der Waals surface area contributed by atoms with Gasteiger partial charge in [0.25, 0.3) is 0 Å². The van der Waals surface area contributed by atoms with Crippen molar-refractivity contribution in [3.8, 4) is 5.75 Å². The van der Waals surface area contributed by atoms with E-state index in [4.69, 9.17) is 14.8 Å². The van der Waals surface area contributed by atoms with Crippen LogP contribution < -0.4 is 5.73 Å². The standard InChI is InChI=1S/C14H15BrF2NO5PS/c1-3-22-24(21,23-4-2)14(16,17)12-10(15)8-5-7(13(18)20)6-9(19)11(8)25-12/h5-6,19H,3-4H2,1-2H3,(H2,18,20). The first-order valence-electron chi connectivity index (χ1n) is 7.11. The topological polar surface area (TPSA) is 98.8 Å². The van der Waals surface area contributed by atoms with E-state index in [1.165, 1.54) is 19.9 Å². The third-order valence-corrected chi connectivity index (χ3v) is 7.85. The number of aromatic hydroxyl groups is 1. The van der Waals surface area contributed by atoms with Crippen molar-refractivity contribution >= 4 is 50.9 Å². The van der Waals surface area contributed by atoms with E-state index in [0.29, 0.717) is 11.3 Å². The molecule has 1 aromatic heterocycles. The van der Waals surface area contributed by atoms with Gasteiger partial charge in [-0.25, -0.2) is 0 Å². The summed E-state index contributed by atoms with van der Waals surface area (Å²) in [5, 5.41) is 10.2. The summed E-state index contributed by atoms with van der Waals surface area (Å²) in [5.41, 5.74) is 1.17. The number of primary amides is 1. The molecule has 0 unspecified atom stereocenters. The number of fused-ring (bicyclic) bond motifs is 1. The van der Waals surface area contributed by atoms with E-state index in [2.05, 4.69) is 15.9 Å². The van der Waals surface area contributed by atoms with Gasteiger partial charge in [-0.05, 0) is 41.9 Å². The van der Waals surface area contributed by atoms with Gasteiger partial charge in [0.1, 0.15) is 10.6 Å². The normalized spacial score (nSPS) is 12.7. The van der Waals surface area contributed by atoms with E-state index < -0.39 is 24.0 Å². The highest BCUT2D eigenvalue weighted by Crippen LogP contribution is 2.69. The van der Waals surface area contributed by atoms with E-state index >= 15 is 0 Å². The number of phenolic OH excluding ortho intramolecular Hbond substituents is 1. The molecule has 1 heterocycles. The minimum absolute atomic E-state index is 0.0452. The van der Waals surface area contributed by atoms with Gasteiger partial charge < -0.3 is 19.9 Å². The van der Waals surface area contributed by atoms with E-state index in [1.54, 1.807) is 0 Å². The molecular weight excluding hydrogens is 443 g/mol. The van der Waals surface area contributed by atoms with Gasteiger partial charge in [-0.1, -0.05) is 0 Å². The van der Waals surface area contributed by atoms with Gasteiger partial charge in [0.15, 0.2) is 0 Å². The number of phenols is 1. The number of rotatable bonds is 7. The third kappa shape index (κ3) is 3.46. The number of halogens is 3. The van der Waals surface area contributed by atoms with Crippen LogP contribution in [0.25, 0.3) is 10.1 Å². The molecule has 2 rings (SSSR count). The van der Waals surface area contributed by atoms with Crippen molar-refractivity contribution in [1.82, 2.24) is 0 Å². The molecule has 0 aliphatic heterocycles. The smallest absolute Gasteiger partial charge is 0.405 e. The highest BCUT2D eigenvalue weighted by atomic mass is 79.9. The van der Waals surface area contributed by atoms with Gasteiger partial charge in [0, 0.05) is 15.4 Å². The molecular formula is C14H15BrF2NO5PS. The van der Waals surface area contributed by atoms with E-state index in [9.17, 15) is 23.2 Å². The van der Waals surface area contributed by atoms with E-state index in [-0.39, 0.29) is 39.1 Å². The molecule has 0 radical (unpaired) electrons. The maximum Gasteiger partial charge on any atom is 0.405 e. The second-order valence-electron chi connectivity index (χ2n) is 4.86. The molecule has 25 heavy (non-hydrogen) atoms. The fourth-order valence-electron chi connectivity index (χ4n) is 2.15. The monoisotopic (exact) mass is 457 g/mol. The Kier molecular flexibility index (Phi) is 5.90. The summed E-state index contributed by atoms with van der Waals surface area (Å²) in [5.74, 6) is -1.21. The Morgan fingerprint density at radius 3 is 2.40 bits per heavy atom. The van der Waals surface area contributed by atoms with Gasteiger partial charge >= 0.3 is 13.3 Å². The number of thiophene rings is 1. The highest BCUT2D eigenvalue weighted by molar-refractivity contribution is 9.10. The molecule has 3 N–H and O–H groups in total. The van der Waals surface area contributed by atoms with Crippen LogP contribution in [-0.4, -0.2) is 24.2 Å². The van der Waals surface area contributed by atoms with Crippen LogP contribution in [0.15, 0.2) is 16.6 Å². The van der Waals surface area contributed by atoms with Crippen LogP contribution in [0.4, 0.5) is 8.78 Å². The predicted octanol–water partition coefficient (Wildman–Crippen LogP) is 4.78. The summed E-state index contributed by atoms with van der Waals surface area (Å²) in [6.07, 6.45) is 0. The second-order valence-corrected chi connectivity index (χ2v) is 8.74. The molecule has 0 spiro atoms. The van der Waals surface area contributed by atoms with Gasteiger partial charge in [-0.3, -0.25) is 9.36 Å². The van der Waals surface area contributed by atoms with Crippen LogP contribution in [0, 0.1) is 0 Å². The number of nitrogens with two attached hydrogens (primary N) is 1. The average Bonchev–Trinajstić information content (AvgIpc) is 2.86. The summed E-state index contributed by atoms with van der Waals surface area (Å²) >= 11 is 3.56. The van der Waals surface area contributed by atoms with Crippen molar-refractivity contribution in [2.45, 2.75) is 19.5 Å². The Bertz CT molecular complexity index is 863. The zero-order chi connectivity index (χ0) is 19.0. The van der Waals surface area contributed by atoms with Crippen molar-refractivity contribution in [2.24, 2.45) is 5.73 Å². The first kappa shape index (κ1) is 20.3. The van der Waals surface area contributed by atoms with Crippen LogP contribution in [0.5, 0.6) is 5.75 Å². The maximum absolute atomic E-state index is 15.0. The summed E-state index contributed by atoms with van der Waals surface area (Å²) in [6, 6.07) is 2.35. The second kappa shape index (κ2) is 7.28. The average molecular weight is 458 g/mol. The minimum Gasteiger partial charge on any atom is -0.506 e. The van der Waals surface area contributed by atoms with Crippen molar-refractivity contribution in [3.05, 3.63) is 27.0 Å². The lowest BCUT2D eigenvalue weighted by atomic mass is 10.1. The van der Waals surface area contributed by atoms with Crippen LogP contribution >= 0.6 is 34.9 Å². The lowest BCUT2D eigenvalue weighted by Gasteiger charge is -2.25. The predicted molar refractivity (Wildman–Crippen MR) is 94.5 cm³/mol. The Labute approximate surface area is 154 Å². The quantitative estimate of drug-likeness (QED) is 0.582. The van der Waals surface area contributed by atoms with Crippen LogP contribution in [-0.2, 0) is 19.3 Å². The number of alkyl halides is 2. The number of hydrogen-bond donors (Lipinski definition) is 2. The van der Waals surface area contributed by atoms with Gasteiger partial charge in [0.2, 0.25) is 5.91 Å². The Balaban J connectivity index is 2.71. The van der Waals surface area contributed by atoms with Gasteiger partial charge in [-0.15, -0.1) is 11.3 Å². The minimum atomic E-state index is -4.80. The SMILES string of the molecule is CCOP(=O)(OCC)C(F)(F)c1sc2c(O)cc(C(N)=O)cc2c1Br. The lowest BCUT2D eigenvalue weighted by Crippen LogP contribution is -2.17. The molecule has 1 amide bonds. The molecule has 1 aromatic carbocycles. The summed E-state index contributed by atoms with van der Waals surface area (Å²) in [7, 11) is -4.80. The molecule has 138 valence electrons. The lowest BCUT2D eigenvalue weighted by molar-refractivity contribution is 0.0387. The van der Waals surface area contributed by atoms with Crippen molar-refractivity contribution in [1.29, 1.82) is 0 Å². The fourth-order valence-corrected chi connectivity index (χ4v) is 6.11. The van der Waals surface area contributed by atoms with Crippen molar-refractivity contribution < 1.29 is 32.3 Å². The van der Waals surface area contributed by atoms with Crippen molar-refractivity contribution in [2.75, 3.05) is 13.2 Å². The zero-order valence-electron chi connectivity index (χ0n) is 13.2. The number of amides is 1. The van der Waals surface area contributed by atoms with Crippen molar-refractivity contribution in [3.63, 3.8) is 0 Å². The molecule has 0 fully saturated rings. The van der Waals surface area contributed by atoms with Crippen LogP contribution in [0.2, 0.25) is 0 Å². The third-order valence-electron chi connectivity index (χ3n) is 3.21. The highest BCUT2D eigenvalue weighted by Gasteiger charge is 2.57. The Morgan fingerprint density at radius 2 is 1.92 bits per heavy atom. The molecule has 6 nitrogen and oxygen atoms in total. The molecule has 0 aliphatic carbocycles. The Morgan fingerprint density at radius 1 is 1.36 bits per heavy atom. The molecule has 2 aromatic rings. The zero-order valence-corrected chi connectivity index (χ0v) is 16.5. The molecule has 0 bridgehead atoms. The number of hydrogen-bond acceptors (Lipinski definition) is 6. The van der Waals surface area contributed by atoms with E-state index in [0.717, 1.165) is 6.07 Å². The first-order chi connectivity index (χ1) is 11.6. The number of carbonyl (C=O) groups excluding carboxylic acids is 1. The fraction of sp³-hybridized carbons (Fsp3) is 0.357. The van der Waals surface area contributed by atoms with Crippen LogP contribution in [0.1, 0.15) is 29.1 Å².